The van der Waals surface area contributed by atoms with Gasteiger partial charge in [0, 0.05) is 24.2 Å². The Morgan fingerprint density at radius 2 is 1.48 bits per heavy atom. The molecule has 1 amide bonds. The number of nitrogens with zero attached hydrogens (tertiary/aromatic N) is 1. The predicted octanol–water partition coefficient (Wildman–Crippen LogP) is 4.41. The van der Waals surface area contributed by atoms with Crippen LogP contribution in [0.5, 0.6) is 0 Å². The first-order valence-corrected chi connectivity index (χ1v) is 10.9. The van der Waals surface area contributed by atoms with Crippen LogP contribution in [0, 0.1) is 0 Å². The van der Waals surface area contributed by atoms with Gasteiger partial charge in [-0.15, -0.1) is 0 Å². The van der Waals surface area contributed by atoms with Crippen molar-refractivity contribution in [1.29, 1.82) is 0 Å². The van der Waals surface area contributed by atoms with E-state index in [0.717, 1.165) is 5.69 Å². The van der Waals surface area contributed by atoms with Crippen LogP contribution >= 0.6 is 11.6 Å². The molecular formula is C22H21ClN2O3S. The van der Waals surface area contributed by atoms with E-state index in [1.807, 2.05) is 30.3 Å². The fourth-order valence-corrected chi connectivity index (χ4v) is 4.26. The van der Waals surface area contributed by atoms with E-state index >= 15 is 0 Å². The van der Waals surface area contributed by atoms with Crippen molar-refractivity contribution in [2.75, 3.05) is 11.9 Å². The molecule has 1 unspecified atom stereocenters. The minimum Gasteiger partial charge on any atom is -0.315 e. The first kappa shape index (κ1) is 21.0. The summed E-state index contributed by atoms with van der Waals surface area (Å²) in [5, 5.41) is 0.533. The Kier molecular flexibility index (Phi) is 6.69. The van der Waals surface area contributed by atoms with E-state index in [9.17, 15) is 13.2 Å². The third-order valence-electron chi connectivity index (χ3n) is 4.52. The second-order valence-corrected chi connectivity index (χ2v) is 8.68. The molecule has 0 fully saturated rings. The van der Waals surface area contributed by atoms with Crippen LogP contribution in [0.15, 0.2) is 89.8 Å². The quantitative estimate of drug-likeness (QED) is 0.606. The van der Waals surface area contributed by atoms with Crippen LogP contribution in [-0.2, 0) is 14.8 Å². The summed E-state index contributed by atoms with van der Waals surface area (Å²) >= 11 is 5.97. The second-order valence-electron chi connectivity index (χ2n) is 6.53. The first-order valence-electron chi connectivity index (χ1n) is 9.01. The van der Waals surface area contributed by atoms with E-state index in [-0.39, 0.29) is 17.2 Å². The highest BCUT2D eigenvalue weighted by molar-refractivity contribution is 7.89. The van der Waals surface area contributed by atoms with Crippen molar-refractivity contribution >= 4 is 33.2 Å². The van der Waals surface area contributed by atoms with Gasteiger partial charge in [-0.05, 0) is 42.0 Å². The zero-order valence-corrected chi connectivity index (χ0v) is 17.4. The molecule has 0 bridgehead atoms. The standard InChI is InChI=1S/C22H21ClN2O3S/c1-25(19-8-4-2-5-9-19)22(26)16-21(17-12-14-18(23)15-13-17)24-29(27,28)20-10-6-3-7-11-20/h2-15,21,24H,16H2,1H3. The van der Waals surface area contributed by atoms with Gasteiger partial charge in [-0.25, -0.2) is 13.1 Å². The van der Waals surface area contributed by atoms with E-state index in [1.165, 1.54) is 17.0 Å². The molecule has 150 valence electrons. The van der Waals surface area contributed by atoms with E-state index < -0.39 is 16.1 Å². The Labute approximate surface area is 176 Å². The maximum absolute atomic E-state index is 12.9. The average molecular weight is 429 g/mol. The fourth-order valence-electron chi connectivity index (χ4n) is 2.88. The molecule has 0 aromatic heterocycles. The van der Waals surface area contributed by atoms with Gasteiger partial charge in [-0.2, -0.15) is 0 Å². The Balaban J connectivity index is 1.87. The van der Waals surface area contributed by atoms with Gasteiger partial charge in [0.25, 0.3) is 0 Å². The summed E-state index contributed by atoms with van der Waals surface area (Å²) in [6.45, 7) is 0. The number of anilines is 1. The Bertz CT molecular complexity index is 1060. The van der Waals surface area contributed by atoms with Crippen LogP contribution in [0.3, 0.4) is 0 Å². The number of sulfonamides is 1. The van der Waals surface area contributed by atoms with Gasteiger partial charge in [0.15, 0.2) is 0 Å². The zero-order chi connectivity index (χ0) is 20.9. The molecule has 3 aromatic rings. The minimum absolute atomic E-state index is 0.0426. The summed E-state index contributed by atoms with van der Waals surface area (Å²) in [5.74, 6) is -0.216. The first-order chi connectivity index (χ1) is 13.9. The molecule has 0 aliphatic heterocycles. The van der Waals surface area contributed by atoms with E-state index in [1.54, 1.807) is 49.5 Å². The summed E-state index contributed by atoms with van der Waals surface area (Å²) in [7, 11) is -2.14. The van der Waals surface area contributed by atoms with Gasteiger partial charge in [0.2, 0.25) is 15.9 Å². The van der Waals surface area contributed by atoms with Crippen LogP contribution < -0.4 is 9.62 Å². The maximum atomic E-state index is 12.9. The van der Waals surface area contributed by atoms with Gasteiger partial charge in [-0.1, -0.05) is 60.1 Å². The Morgan fingerprint density at radius 3 is 2.07 bits per heavy atom. The molecule has 7 heteroatoms. The normalized spacial score (nSPS) is 12.3. The van der Waals surface area contributed by atoms with Crippen molar-refractivity contribution < 1.29 is 13.2 Å². The maximum Gasteiger partial charge on any atom is 0.241 e. The number of hydrogen-bond donors (Lipinski definition) is 1. The zero-order valence-electron chi connectivity index (χ0n) is 15.8. The number of para-hydroxylation sites is 1. The van der Waals surface area contributed by atoms with Gasteiger partial charge in [0.1, 0.15) is 0 Å². The van der Waals surface area contributed by atoms with E-state index in [2.05, 4.69) is 4.72 Å². The highest BCUT2D eigenvalue weighted by Crippen LogP contribution is 2.24. The summed E-state index contributed by atoms with van der Waals surface area (Å²) in [6, 6.07) is 23.3. The van der Waals surface area contributed by atoms with Crippen molar-refractivity contribution in [3.63, 3.8) is 0 Å². The molecule has 0 aliphatic rings. The number of carbonyl (C=O) groups is 1. The monoisotopic (exact) mass is 428 g/mol. The van der Waals surface area contributed by atoms with Gasteiger partial charge in [0.05, 0.1) is 10.9 Å². The van der Waals surface area contributed by atoms with Crippen molar-refractivity contribution in [1.82, 2.24) is 4.72 Å². The number of benzene rings is 3. The van der Waals surface area contributed by atoms with Crippen molar-refractivity contribution in [3.05, 3.63) is 95.5 Å². The lowest BCUT2D eigenvalue weighted by Gasteiger charge is -2.23. The van der Waals surface area contributed by atoms with Gasteiger partial charge < -0.3 is 4.90 Å². The third-order valence-corrected chi connectivity index (χ3v) is 6.26. The topological polar surface area (TPSA) is 66.5 Å². The predicted molar refractivity (Wildman–Crippen MR) is 115 cm³/mol. The molecule has 1 atom stereocenters. The lowest BCUT2D eigenvalue weighted by molar-refractivity contribution is -0.118. The SMILES string of the molecule is CN(C(=O)CC(NS(=O)(=O)c1ccccc1)c1ccc(Cl)cc1)c1ccccc1. The summed E-state index contributed by atoms with van der Waals surface area (Å²) in [6.07, 6.45) is -0.0426. The van der Waals surface area contributed by atoms with Crippen LogP contribution in [0.25, 0.3) is 0 Å². The largest absolute Gasteiger partial charge is 0.315 e. The molecule has 0 spiro atoms. The van der Waals surface area contributed by atoms with Crippen molar-refractivity contribution in [2.24, 2.45) is 0 Å². The van der Waals surface area contributed by atoms with Crippen LogP contribution in [0.2, 0.25) is 5.02 Å². The van der Waals surface area contributed by atoms with E-state index in [4.69, 9.17) is 11.6 Å². The fraction of sp³-hybridized carbons (Fsp3) is 0.136. The number of hydrogen-bond acceptors (Lipinski definition) is 3. The molecule has 0 aliphatic carbocycles. The highest BCUT2D eigenvalue weighted by Gasteiger charge is 2.25. The molecule has 3 rings (SSSR count). The molecule has 1 N–H and O–H groups in total. The molecule has 29 heavy (non-hydrogen) atoms. The van der Waals surface area contributed by atoms with Crippen LogP contribution in [0.1, 0.15) is 18.0 Å². The molecule has 3 aromatic carbocycles. The lowest BCUT2D eigenvalue weighted by atomic mass is 10.0. The second kappa shape index (κ2) is 9.22. The molecule has 0 saturated heterocycles. The third kappa shape index (κ3) is 5.44. The molecular weight excluding hydrogens is 408 g/mol. The number of amides is 1. The Morgan fingerprint density at radius 1 is 0.931 bits per heavy atom. The summed E-state index contributed by atoms with van der Waals surface area (Å²) in [5.41, 5.74) is 1.39. The summed E-state index contributed by atoms with van der Waals surface area (Å²) < 4.78 is 28.3. The average Bonchev–Trinajstić information content (AvgIpc) is 2.74. The number of halogens is 1. The van der Waals surface area contributed by atoms with Gasteiger partial charge in [-0.3, -0.25) is 4.79 Å². The van der Waals surface area contributed by atoms with Crippen LogP contribution in [-0.4, -0.2) is 21.4 Å². The number of rotatable bonds is 7. The lowest BCUT2D eigenvalue weighted by Crippen LogP contribution is -2.34. The molecule has 0 saturated carbocycles. The molecule has 0 heterocycles. The number of carbonyl (C=O) groups excluding carboxylic acids is 1. The van der Waals surface area contributed by atoms with E-state index in [0.29, 0.717) is 10.6 Å². The van der Waals surface area contributed by atoms with Crippen LogP contribution in [0.4, 0.5) is 5.69 Å². The number of nitrogens with one attached hydrogen (secondary N) is 1. The Hall–Kier alpha value is -2.67. The van der Waals surface area contributed by atoms with Gasteiger partial charge >= 0.3 is 0 Å². The minimum atomic E-state index is -3.81. The van der Waals surface area contributed by atoms with Crippen molar-refractivity contribution in [3.8, 4) is 0 Å². The smallest absolute Gasteiger partial charge is 0.241 e. The molecule has 0 radical (unpaired) electrons. The molecule has 5 nitrogen and oxygen atoms in total. The summed E-state index contributed by atoms with van der Waals surface area (Å²) in [4.78, 5) is 14.5. The van der Waals surface area contributed by atoms with Crippen molar-refractivity contribution in [2.45, 2.75) is 17.4 Å². The highest BCUT2D eigenvalue weighted by atomic mass is 35.5.